The van der Waals surface area contributed by atoms with E-state index in [2.05, 4.69) is 10.6 Å². The first-order chi connectivity index (χ1) is 14.4. The third-order valence-corrected chi connectivity index (χ3v) is 6.41. The van der Waals surface area contributed by atoms with Gasteiger partial charge in [0.1, 0.15) is 0 Å². The number of carbonyl (C=O) groups excluding carboxylic acids is 2. The van der Waals surface area contributed by atoms with Gasteiger partial charge >= 0.3 is 5.97 Å². The zero-order chi connectivity index (χ0) is 21.7. The van der Waals surface area contributed by atoms with Crippen molar-refractivity contribution in [3.8, 4) is 0 Å². The predicted octanol–water partition coefficient (Wildman–Crippen LogP) is 4.29. The van der Waals surface area contributed by atoms with Crippen LogP contribution in [0.5, 0.6) is 0 Å². The number of nitrogens with zero attached hydrogens (tertiary/aromatic N) is 1. The molecule has 2 N–H and O–H groups in total. The first kappa shape index (κ1) is 22.3. The largest absolute Gasteiger partial charge is 0.466 e. The molecule has 1 aromatic rings. The number of anilines is 1. The van der Waals surface area contributed by atoms with Gasteiger partial charge in [-0.25, -0.2) is 4.79 Å². The highest BCUT2D eigenvalue weighted by atomic mass is 32.1. The van der Waals surface area contributed by atoms with Gasteiger partial charge in [-0.05, 0) is 56.1 Å². The van der Waals surface area contributed by atoms with Crippen LogP contribution in [0.3, 0.4) is 0 Å². The number of ether oxygens (including phenoxy) is 1. The number of amides is 1. The van der Waals surface area contributed by atoms with Gasteiger partial charge < -0.3 is 20.3 Å². The van der Waals surface area contributed by atoms with Crippen molar-refractivity contribution < 1.29 is 14.3 Å². The fourth-order valence-corrected chi connectivity index (χ4v) is 4.82. The average Bonchev–Trinajstić information content (AvgIpc) is 3.25. The molecule has 6 nitrogen and oxygen atoms in total. The molecule has 2 aliphatic rings. The first-order valence-electron chi connectivity index (χ1n) is 10.7. The van der Waals surface area contributed by atoms with E-state index in [9.17, 15) is 9.59 Å². The number of benzene rings is 1. The van der Waals surface area contributed by atoms with Crippen LogP contribution in [0.1, 0.15) is 64.0 Å². The number of esters is 1. The topological polar surface area (TPSA) is 70.7 Å². The fraction of sp³-hybridized carbons (Fsp3) is 0.522. The molecule has 0 aromatic heterocycles. The first-order valence-corrected chi connectivity index (χ1v) is 11.1. The molecule has 162 valence electrons. The van der Waals surface area contributed by atoms with Gasteiger partial charge in [0.25, 0.3) is 0 Å². The van der Waals surface area contributed by atoms with Gasteiger partial charge in [-0.1, -0.05) is 37.8 Å². The minimum Gasteiger partial charge on any atom is -0.466 e. The van der Waals surface area contributed by atoms with Gasteiger partial charge in [-0.2, -0.15) is 0 Å². The Morgan fingerprint density at radius 2 is 2.03 bits per heavy atom. The molecule has 0 unspecified atom stereocenters. The maximum atomic E-state index is 12.5. The Balaban J connectivity index is 1.77. The average molecular weight is 430 g/mol. The summed E-state index contributed by atoms with van der Waals surface area (Å²) in [5, 5.41) is 6.83. The lowest BCUT2D eigenvalue weighted by Gasteiger charge is -2.37. The number of hydrogen-bond donors (Lipinski definition) is 2. The SMILES string of the molecule is CCN1C(=S)N[C@H](c2cccc(NC(=O)CCC3CCCC3)c2)C(C(=O)OC)=C1C. The van der Waals surface area contributed by atoms with Crippen molar-refractivity contribution in [2.75, 3.05) is 19.0 Å². The van der Waals surface area contributed by atoms with E-state index in [0.29, 0.717) is 29.6 Å². The third kappa shape index (κ3) is 5.01. The van der Waals surface area contributed by atoms with Gasteiger partial charge in [0.15, 0.2) is 5.11 Å². The standard InChI is InChI=1S/C23H31N3O3S/c1-4-26-15(2)20(22(28)29-3)21(25-23(26)30)17-10-7-11-18(14-17)24-19(27)13-12-16-8-5-6-9-16/h7,10-11,14,16,21H,4-6,8-9,12-13H2,1-3H3,(H,24,27)(H,25,30)/t21-/m1/s1. The van der Waals surface area contributed by atoms with Crippen molar-refractivity contribution in [3.05, 3.63) is 41.1 Å². The number of allylic oxidation sites excluding steroid dienone is 1. The quantitative estimate of drug-likeness (QED) is 0.498. The lowest BCUT2D eigenvalue weighted by molar-refractivity contribution is -0.136. The molecule has 0 spiro atoms. The van der Waals surface area contributed by atoms with Gasteiger partial charge in [0.2, 0.25) is 5.91 Å². The third-order valence-electron chi connectivity index (χ3n) is 6.08. The van der Waals surface area contributed by atoms with E-state index in [0.717, 1.165) is 23.4 Å². The Kier molecular flexibility index (Phi) is 7.48. The van der Waals surface area contributed by atoms with Gasteiger partial charge in [0.05, 0.1) is 18.7 Å². The molecule has 1 aliphatic heterocycles. The highest BCUT2D eigenvalue weighted by molar-refractivity contribution is 7.80. The molecule has 0 saturated heterocycles. The van der Waals surface area contributed by atoms with Crippen LogP contribution in [0.15, 0.2) is 35.5 Å². The molecule has 1 atom stereocenters. The molecule has 0 bridgehead atoms. The maximum absolute atomic E-state index is 12.5. The molecule has 3 rings (SSSR count). The van der Waals surface area contributed by atoms with Crippen molar-refractivity contribution in [3.63, 3.8) is 0 Å². The van der Waals surface area contributed by atoms with E-state index in [1.54, 1.807) is 0 Å². The van der Waals surface area contributed by atoms with Crippen LogP contribution >= 0.6 is 12.2 Å². The summed E-state index contributed by atoms with van der Waals surface area (Å²) in [6.07, 6.45) is 6.55. The second-order valence-corrected chi connectivity index (χ2v) is 8.37. The summed E-state index contributed by atoms with van der Waals surface area (Å²) in [7, 11) is 1.38. The van der Waals surface area contributed by atoms with Crippen LogP contribution in [-0.4, -0.2) is 35.5 Å². The summed E-state index contributed by atoms with van der Waals surface area (Å²) >= 11 is 5.50. The number of carbonyl (C=O) groups is 2. The molecule has 1 saturated carbocycles. The molecule has 1 fully saturated rings. The summed E-state index contributed by atoms with van der Waals surface area (Å²) in [6, 6.07) is 7.13. The smallest absolute Gasteiger partial charge is 0.337 e. The number of methoxy groups -OCH3 is 1. The lowest BCUT2D eigenvalue weighted by atomic mass is 9.94. The molecule has 30 heavy (non-hydrogen) atoms. The normalized spacial score (nSPS) is 19.6. The van der Waals surface area contributed by atoms with Gasteiger partial charge in [-0.3, -0.25) is 4.79 Å². The molecular weight excluding hydrogens is 398 g/mol. The molecule has 7 heteroatoms. The minimum atomic E-state index is -0.428. The molecule has 1 aliphatic carbocycles. The minimum absolute atomic E-state index is 0.0308. The Labute approximate surface area is 184 Å². The van der Waals surface area contributed by atoms with Crippen LogP contribution in [-0.2, 0) is 14.3 Å². The van der Waals surface area contributed by atoms with E-state index < -0.39 is 12.0 Å². The van der Waals surface area contributed by atoms with E-state index in [-0.39, 0.29) is 5.91 Å². The van der Waals surface area contributed by atoms with Gasteiger partial charge in [0, 0.05) is 24.4 Å². The fourth-order valence-electron chi connectivity index (χ4n) is 4.44. The molecule has 1 heterocycles. The summed E-state index contributed by atoms with van der Waals surface area (Å²) in [5.74, 6) is 0.326. The highest BCUT2D eigenvalue weighted by Gasteiger charge is 2.34. The number of rotatable bonds is 7. The second-order valence-electron chi connectivity index (χ2n) is 7.98. The van der Waals surface area contributed by atoms with E-state index in [1.165, 1.54) is 32.8 Å². The molecule has 1 amide bonds. The summed E-state index contributed by atoms with van der Waals surface area (Å²) < 4.78 is 5.04. The molecular formula is C23H31N3O3S. The predicted molar refractivity (Wildman–Crippen MR) is 122 cm³/mol. The van der Waals surface area contributed by atoms with Crippen molar-refractivity contribution >= 4 is 34.9 Å². The van der Waals surface area contributed by atoms with Crippen molar-refractivity contribution in [1.29, 1.82) is 0 Å². The Morgan fingerprint density at radius 1 is 1.30 bits per heavy atom. The Morgan fingerprint density at radius 3 is 2.70 bits per heavy atom. The van der Waals surface area contributed by atoms with E-state index >= 15 is 0 Å². The van der Waals surface area contributed by atoms with Crippen LogP contribution in [0.25, 0.3) is 0 Å². The highest BCUT2D eigenvalue weighted by Crippen LogP contribution is 2.32. The second kappa shape index (κ2) is 10.1. The Hall–Kier alpha value is -2.41. The number of nitrogens with one attached hydrogen (secondary N) is 2. The van der Waals surface area contributed by atoms with Crippen LogP contribution in [0.2, 0.25) is 0 Å². The number of thiocarbonyl (C=S) groups is 1. The van der Waals surface area contributed by atoms with E-state index in [1.807, 2.05) is 43.0 Å². The van der Waals surface area contributed by atoms with Crippen LogP contribution in [0.4, 0.5) is 5.69 Å². The van der Waals surface area contributed by atoms with Crippen LogP contribution in [0, 0.1) is 5.92 Å². The zero-order valence-corrected chi connectivity index (χ0v) is 18.8. The number of hydrogen-bond acceptors (Lipinski definition) is 4. The van der Waals surface area contributed by atoms with Crippen molar-refractivity contribution in [1.82, 2.24) is 10.2 Å². The van der Waals surface area contributed by atoms with Crippen LogP contribution < -0.4 is 10.6 Å². The monoisotopic (exact) mass is 429 g/mol. The zero-order valence-electron chi connectivity index (χ0n) is 18.0. The lowest BCUT2D eigenvalue weighted by Crippen LogP contribution is -2.47. The maximum Gasteiger partial charge on any atom is 0.337 e. The summed E-state index contributed by atoms with van der Waals surface area (Å²) in [6.45, 7) is 4.51. The summed E-state index contributed by atoms with van der Waals surface area (Å²) in [4.78, 5) is 26.8. The van der Waals surface area contributed by atoms with Crippen molar-refractivity contribution in [2.45, 2.75) is 58.4 Å². The molecule has 0 radical (unpaired) electrons. The van der Waals surface area contributed by atoms with Crippen molar-refractivity contribution in [2.24, 2.45) is 5.92 Å². The van der Waals surface area contributed by atoms with E-state index in [4.69, 9.17) is 17.0 Å². The Bertz CT molecular complexity index is 846. The van der Waals surface area contributed by atoms with Gasteiger partial charge in [-0.15, -0.1) is 0 Å². The molecule has 1 aromatic carbocycles. The summed E-state index contributed by atoms with van der Waals surface area (Å²) in [5.41, 5.74) is 2.87.